The molecule has 12 heavy (non-hydrogen) atoms. The van der Waals surface area contributed by atoms with Crippen LogP contribution in [0.3, 0.4) is 0 Å². The highest BCUT2D eigenvalue weighted by Crippen LogP contribution is 1.98. The largest absolute Gasteiger partial charge is 0.466 e. The minimum atomic E-state index is -0.344. The number of carbonyl (C=O) groups excluding carboxylic acids is 1. The highest BCUT2D eigenvalue weighted by atomic mass is 16.5. The van der Waals surface area contributed by atoms with E-state index in [-0.39, 0.29) is 5.97 Å². The summed E-state index contributed by atoms with van der Waals surface area (Å²) in [7, 11) is 1.36. The SMILES string of the molecule is COC(=O)/C=C1/COCCCN1. The van der Waals surface area contributed by atoms with E-state index in [0.29, 0.717) is 6.61 Å². The van der Waals surface area contributed by atoms with Gasteiger partial charge in [0.15, 0.2) is 0 Å². The Labute approximate surface area is 71.5 Å². The molecular formula is C8H13NO3. The van der Waals surface area contributed by atoms with Crippen LogP contribution in [0.15, 0.2) is 11.8 Å². The van der Waals surface area contributed by atoms with E-state index in [4.69, 9.17) is 4.74 Å². The Morgan fingerprint density at radius 2 is 2.58 bits per heavy atom. The zero-order valence-corrected chi connectivity index (χ0v) is 7.13. The molecule has 1 aliphatic rings. The Hall–Kier alpha value is -1.03. The molecular weight excluding hydrogens is 158 g/mol. The van der Waals surface area contributed by atoms with Crippen molar-refractivity contribution in [3.63, 3.8) is 0 Å². The molecule has 1 N–H and O–H groups in total. The van der Waals surface area contributed by atoms with E-state index >= 15 is 0 Å². The fraction of sp³-hybridized carbons (Fsp3) is 0.625. The quantitative estimate of drug-likeness (QED) is 0.447. The van der Waals surface area contributed by atoms with Crippen LogP contribution in [-0.2, 0) is 14.3 Å². The normalized spacial score (nSPS) is 21.2. The maximum Gasteiger partial charge on any atom is 0.332 e. The summed E-state index contributed by atoms with van der Waals surface area (Å²) in [4.78, 5) is 10.8. The van der Waals surface area contributed by atoms with E-state index in [0.717, 1.165) is 25.3 Å². The molecule has 0 spiro atoms. The molecule has 0 bridgehead atoms. The third-order valence-electron chi connectivity index (χ3n) is 1.57. The van der Waals surface area contributed by atoms with Crippen LogP contribution < -0.4 is 5.32 Å². The summed E-state index contributed by atoms with van der Waals surface area (Å²) < 4.78 is 9.70. The van der Waals surface area contributed by atoms with Crippen molar-refractivity contribution in [1.82, 2.24) is 5.32 Å². The highest BCUT2D eigenvalue weighted by molar-refractivity contribution is 5.82. The predicted octanol–water partition coefficient (Wildman–Crippen LogP) is 0.0532. The molecule has 0 amide bonds. The van der Waals surface area contributed by atoms with Gasteiger partial charge in [0.2, 0.25) is 0 Å². The van der Waals surface area contributed by atoms with Crippen LogP contribution in [0.1, 0.15) is 6.42 Å². The molecule has 0 aliphatic carbocycles. The minimum Gasteiger partial charge on any atom is -0.466 e. The van der Waals surface area contributed by atoms with Crippen LogP contribution in [0.4, 0.5) is 0 Å². The minimum absolute atomic E-state index is 0.344. The lowest BCUT2D eigenvalue weighted by Gasteiger charge is -2.03. The van der Waals surface area contributed by atoms with Crippen molar-refractivity contribution in [1.29, 1.82) is 0 Å². The smallest absolute Gasteiger partial charge is 0.332 e. The molecule has 0 saturated carbocycles. The topological polar surface area (TPSA) is 47.6 Å². The van der Waals surface area contributed by atoms with Crippen molar-refractivity contribution < 1.29 is 14.3 Å². The highest BCUT2D eigenvalue weighted by Gasteiger charge is 2.04. The van der Waals surface area contributed by atoms with Crippen LogP contribution in [0.25, 0.3) is 0 Å². The van der Waals surface area contributed by atoms with Gasteiger partial charge in [-0.25, -0.2) is 4.79 Å². The number of methoxy groups -OCH3 is 1. The number of hydrogen-bond donors (Lipinski definition) is 1. The van der Waals surface area contributed by atoms with Gasteiger partial charge in [0, 0.05) is 24.9 Å². The average Bonchev–Trinajstić information content (AvgIpc) is 2.33. The third-order valence-corrected chi connectivity index (χ3v) is 1.57. The molecule has 1 heterocycles. The Morgan fingerprint density at radius 3 is 3.33 bits per heavy atom. The second-order valence-corrected chi connectivity index (χ2v) is 2.53. The fourth-order valence-corrected chi connectivity index (χ4v) is 0.950. The van der Waals surface area contributed by atoms with E-state index in [1.165, 1.54) is 13.2 Å². The second kappa shape index (κ2) is 4.77. The molecule has 1 fully saturated rings. The van der Waals surface area contributed by atoms with Gasteiger partial charge in [-0.1, -0.05) is 0 Å². The van der Waals surface area contributed by atoms with Gasteiger partial charge in [-0.2, -0.15) is 0 Å². The van der Waals surface area contributed by atoms with Gasteiger partial charge in [0.05, 0.1) is 13.7 Å². The molecule has 1 rings (SSSR count). The first-order valence-corrected chi connectivity index (χ1v) is 3.93. The Balaban J connectivity index is 2.47. The van der Waals surface area contributed by atoms with Crippen LogP contribution in [0, 0.1) is 0 Å². The summed E-state index contributed by atoms with van der Waals surface area (Å²) in [6.07, 6.45) is 2.39. The van der Waals surface area contributed by atoms with E-state index in [2.05, 4.69) is 10.1 Å². The molecule has 0 atom stereocenters. The molecule has 0 aromatic carbocycles. The molecule has 0 aromatic heterocycles. The average molecular weight is 171 g/mol. The maximum atomic E-state index is 10.8. The van der Waals surface area contributed by atoms with Crippen molar-refractivity contribution in [3.05, 3.63) is 11.8 Å². The molecule has 0 radical (unpaired) electrons. The first kappa shape index (κ1) is 9.06. The van der Waals surface area contributed by atoms with Crippen LogP contribution in [-0.4, -0.2) is 32.8 Å². The number of carbonyl (C=O) groups is 1. The lowest BCUT2D eigenvalue weighted by molar-refractivity contribution is -0.134. The molecule has 0 aromatic rings. The molecule has 1 saturated heterocycles. The van der Waals surface area contributed by atoms with Gasteiger partial charge in [-0.05, 0) is 6.42 Å². The van der Waals surface area contributed by atoms with Gasteiger partial charge in [0.1, 0.15) is 0 Å². The molecule has 1 aliphatic heterocycles. The summed E-state index contributed by atoms with van der Waals surface area (Å²) in [5.74, 6) is -0.344. The Morgan fingerprint density at radius 1 is 1.75 bits per heavy atom. The van der Waals surface area contributed by atoms with Crippen molar-refractivity contribution >= 4 is 5.97 Å². The molecule has 0 unspecified atom stereocenters. The van der Waals surface area contributed by atoms with E-state index in [1.54, 1.807) is 0 Å². The van der Waals surface area contributed by atoms with Gasteiger partial charge in [-0.15, -0.1) is 0 Å². The monoisotopic (exact) mass is 171 g/mol. The molecule has 4 nitrogen and oxygen atoms in total. The predicted molar refractivity (Wildman–Crippen MR) is 43.5 cm³/mol. The lowest BCUT2D eigenvalue weighted by atomic mass is 10.4. The summed E-state index contributed by atoms with van der Waals surface area (Å²) in [5, 5.41) is 3.08. The lowest BCUT2D eigenvalue weighted by Crippen LogP contribution is -2.16. The molecule has 68 valence electrons. The van der Waals surface area contributed by atoms with Crippen molar-refractivity contribution in [2.75, 3.05) is 26.9 Å². The third kappa shape index (κ3) is 2.92. The zero-order valence-electron chi connectivity index (χ0n) is 7.13. The van der Waals surface area contributed by atoms with Crippen LogP contribution >= 0.6 is 0 Å². The Bertz CT molecular complexity index is 179. The van der Waals surface area contributed by atoms with E-state index in [1.807, 2.05) is 0 Å². The van der Waals surface area contributed by atoms with Crippen molar-refractivity contribution in [2.45, 2.75) is 6.42 Å². The maximum absolute atomic E-state index is 10.8. The summed E-state index contributed by atoms with van der Waals surface area (Å²) in [5.41, 5.74) is 0.791. The summed E-state index contributed by atoms with van der Waals surface area (Å²) >= 11 is 0. The van der Waals surface area contributed by atoms with Gasteiger partial charge in [0.25, 0.3) is 0 Å². The number of rotatable bonds is 1. The molecule has 4 heteroatoms. The first-order valence-electron chi connectivity index (χ1n) is 3.93. The van der Waals surface area contributed by atoms with E-state index < -0.39 is 0 Å². The van der Waals surface area contributed by atoms with Crippen LogP contribution in [0.2, 0.25) is 0 Å². The number of esters is 1. The van der Waals surface area contributed by atoms with Gasteiger partial charge < -0.3 is 14.8 Å². The zero-order chi connectivity index (χ0) is 8.81. The van der Waals surface area contributed by atoms with Gasteiger partial charge >= 0.3 is 5.97 Å². The Kier molecular flexibility index (Phi) is 3.60. The summed E-state index contributed by atoms with van der Waals surface area (Å²) in [6, 6.07) is 0. The van der Waals surface area contributed by atoms with Crippen LogP contribution in [0.5, 0.6) is 0 Å². The number of nitrogens with one attached hydrogen (secondary N) is 1. The standard InChI is InChI=1S/C8H13NO3/c1-11-8(10)5-7-6-12-4-2-3-9-7/h5,9H,2-4,6H2,1H3/b7-5-. The van der Waals surface area contributed by atoms with E-state index in [9.17, 15) is 4.79 Å². The second-order valence-electron chi connectivity index (χ2n) is 2.53. The fourth-order valence-electron chi connectivity index (χ4n) is 0.950. The number of ether oxygens (including phenoxy) is 2. The van der Waals surface area contributed by atoms with Crippen molar-refractivity contribution in [3.8, 4) is 0 Å². The van der Waals surface area contributed by atoms with Crippen molar-refractivity contribution in [2.24, 2.45) is 0 Å². The number of hydrogen-bond acceptors (Lipinski definition) is 4. The first-order chi connectivity index (χ1) is 5.83. The summed E-state index contributed by atoms with van der Waals surface area (Å²) in [6.45, 7) is 2.06. The van der Waals surface area contributed by atoms with Gasteiger partial charge in [-0.3, -0.25) is 0 Å².